The van der Waals surface area contributed by atoms with E-state index >= 15 is 0 Å². The Labute approximate surface area is 163 Å². The van der Waals surface area contributed by atoms with E-state index in [0.717, 1.165) is 34.0 Å². The van der Waals surface area contributed by atoms with Crippen LogP contribution in [0.2, 0.25) is 0 Å². The molecule has 26 heavy (non-hydrogen) atoms. The summed E-state index contributed by atoms with van der Waals surface area (Å²) in [7, 11) is 0. The van der Waals surface area contributed by atoms with E-state index in [0.29, 0.717) is 24.0 Å². The molecule has 0 N–H and O–H groups in total. The Kier molecular flexibility index (Phi) is 5.26. The molecule has 0 unspecified atom stereocenters. The lowest BCUT2D eigenvalue weighted by Gasteiger charge is -2.10. The minimum absolute atomic E-state index is 0.267. The number of ether oxygens (including phenoxy) is 1. The summed E-state index contributed by atoms with van der Waals surface area (Å²) in [5.41, 5.74) is 0.505. The van der Waals surface area contributed by atoms with Crippen molar-refractivity contribution in [3.8, 4) is 17.1 Å². The molecule has 0 radical (unpaired) electrons. The molecular formula is C19H17BrFN3OS. The molecule has 0 bridgehead atoms. The normalized spacial score (nSPS) is 13.8. The van der Waals surface area contributed by atoms with E-state index in [4.69, 9.17) is 4.74 Å². The fraction of sp³-hybridized carbons (Fsp3) is 0.263. The average molecular weight is 434 g/mol. The molecule has 3 aromatic rings. The van der Waals surface area contributed by atoms with Gasteiger partial charge in [-0.3, -0.25) is 4.57 Å². The summed E-state index contributed by atoms with van der Waals surface area (Å²) >= 11 is 5.00. The van der Waals surface area contributed by atoms with Gasteiger partial charge in [-0.25, -0.2) is 4.39 Å². The van der Waals surface area contributed by atoms with Crippen LogP contribution in [0.3, 0.4) is 0 Å². The summed E-state index contributed by atoms with van der Waals surface area (Å²) in [5.74, 6) is 1.93. The minimum atomic E-state index is -0.267. The van der Waals surface area contributed by atoms with E-state index < -0.39 is 0 Å². The van der Waals surface area contributed by atoms with Crippen molar-refractivity contribution in [2.75, 3.05) is 12.4 Å². The van der Waals surface area contributed by atoms with Gasteiger partial charge in [0, 0.05) is 16.3 Å². The molecule has 0 amide bonds. The summed E-state index contributed by atoms with van der Waals surface area (Å²) < 4.78 is 23.0. The lowest BCUT2D eigenvalue weighted by atomic mass is 10.2. The molecule has 0 aliphatic heterocycles. The van der Waals surface area contributed by atoms with Crippen molar-refractivity contribution in [3.63, 3.8) is 0 Å². The lowest BCUT2D eigenvalue weighted by Crippen LogP contribution is -2.04. The Morgan fingerprint density at radius 1 is 1.12 bits per heavy atom. The minimum Gasteiger partial charge on any atom is -0.493 e. The number of benzene rings is 2. The van der Waals surface area contributed by atoms with Crippen LogP contribution >= 0.6 is 27.7 Å². The smallest absolute Gasteiger partial charge is 0.191 e. The second-order valence-corrected chi connectivity index (χ2v) is 8.02. The Morgan fingerprint density at radius 3 is 2.62 bits per heavy atom. The summed E-state index contributed by atoms with van der Waals surface area (Å²) in [5, 5.41) is 9.38. The number of aromatic nitrogens is 3. The molecule has 0 spiro atoms. The molecule has 1 fully saturated rings. The maximum Gasteiger partial charge on any atom is 0.191 e. The van der Waals surface area contributed by atoms with Crippen molar-refractivity contribution in [1.82, 2.24) is 14.8 Å². The quantitative estimate of drug-likeness (QED) is 0.371. The molecule has 1 saturated carbocycles. The van der Waals surface area contributed by atoms with E-state index in [1.54, 1.807) is 23.9 Å². The Bertz CT molecular complexity index is 896. The first-order chi connectivity index (χ1) is 12.7. The van der Waals surface area contributed by atoms with Crippen LogP contribution in [-0.4, -0.2) is 27.1 Å². The van der Waals surface area contributed by atoms with Gasteiger partial charge in [-0.15, -0.1) is 10.2 Å². The van der Waals surface area contributed by atoms with Gasteiger partial charge in [-0.1, -0.05) is 39.8 Å². The van der Waals surface area contributed by atoms with Crippen molar-refractivity contribution in [3.05, 3.63) is 58.8 Å². The highest BCUT2D eigenvalue weighted by atomic mass is 79.9. The third-order valence-corrected chi connectivity index (χ3v) is 5.52. The number of thioether (sulfide) groups is 1. The van der Waals surface area contributed by atoms with Crippen molar-refractivity contribution < 1.29 is 9.13 Å². The maximum absolute atomic E-state index is 14.2. The highest BCUT2D eigenvalue weighted by molar-refractivity contribution is 9.10. The van der Waals surface area contributed by atoms with Crippen LogP contribution in [0, 0.1) is 5.82 Å². The van der Waals surface area contributed by atoms with E-state index in [1.165, 1.54) is 6.07 Å². The van der Waals surface area contributed by atoms with E-state index in [9.17, 15) is 4.39 Å². The first-order valence-electron chi connectivity index (χ1n) is 8.43. The fourth-order valence-electron chi connectivity index (χ4n) is 2.69. The van der Waals surface area contributed by atoms with Crippen LogP contribution in [0.15, 0.2) is 58.2 Å². The predicted octanol–water partition coefficient (Wildman–Crippen LogP) is 5.35. The van der Waals surface area contributed by atoms with Crippen molar-refractivity contribution in [2.45, 2.75) is 24.0 Å². The average Bonchev–Trinajstić information content (AvgIpc) is 3.41. The molecule has 7 heteroatoms. The SMILES string of the molecule is Fc1ccccc1-c1nnc(SCCOc2ccc(Br)cc2)n1C1CC1. The second kappa shape index (κ2) is 7.80. The van der Waals surface area contributed by atoms with Gasteiger partial charge in [0.15, 0.2) is 11.0 Å². The van der Waals surface area contributed by atoms with Crippen LogP contribution < -0.4 is 4.74 Å². The third-order valence-electron chi connectivity index (χ3n) is 4.09. The van der Waals surface area contributed by atoms with Gasteiger partial charge in [0.2, 0.25) is 0 Å². The number of hydrogen-bond donors (Lipinski definition) is 0. The molecule has 0 saturated heterocycles. The number of halogens is 2. The highest BCUT2D eigenvalue weighted by Gasteiger charge is 2.30. The van der Waals surface area contributed by atoms with Crippen molar-refractivity contribution >= 4 is 27.7 Å². The van der Waals surface area contributed by atoms with Crippen LogP contribution in [0.5, 0.6) is 5.75 Å². The number of nitrogens with zero attached hydrogens (tertiary/aromatic N) is 3. The van der Waals surface area contributed by atoms with Crippen LogP contribution in [0.25, 0.3) is 11.4 Å². The van der Waals surface area contributed by atoms with E-state index in [1.807, 2.05) is 30.3 Å². The fourth-order valence-corrected chi connectivity index (χ4v) is 3.77. The zero-order chi connectivity index (χ0) is 17.9. The molecule has 1 aromatic heterocycles. The van der Waals surface area contributed by atoms with Gasteiger partial charge in [-0.05, 0) is 49.2 Å². The number of rotatable bonds is 7. The number of hydrogen-bond acceptors (Lipinski definition) is 4. The zero-order valence-electron chi connectivity index (χ0n) is 13.9. The molecule has 1 aliphatic rings. The standard InChI is InChI=1S/C19H17BrFN3OS/c20-13-5-9-15(10-6-13)25-11-12-26-19-23-22-18(24(19)14-7-8-14)16-3-1-2-4-17(16)21/h1-6,9-10,14H,7-8,11-12H2. The van der Waals surface area contributed by atoms with E-state index in [2.05, 4.69) is 30.7 Å². The van der Waals surface area contributed by atoms with Crippen LogP contribution in [-0.2, 0) is 0 Å². The summed E-state index contributed by atoms with van der Waals surface area (Å²) in [6.45, 7) is 0.568. The first kappa shape index (κ1) is 17.5. The topological polar surface area (TPSA) is 39.9 Å². The molecule has 4 nitrogen and oxygen atoms in total. The van der Waals surface area contributed by atoms with Gasteiger partial charge in [0.25, 0.3) is 0 Å². The monoisotopic (exact) mass is 433 g/mol. The Balaban J connectivity index is 1.44. The third kappa shape index (κ3) is 3.94. The van der Waals surface area contributed by atoms with Crippen LogP contribution in [0.1, 0.15) is 18.9 Å². The van der Waals surface area contributed by atoms with Gasteiger partial charge in [0.1, 0.15) is 11.6 Å². The summed E-state index contributed by atoms with van der Waals surface area (Å²) in [4.78, 5) is 0. The largest absolute Gasteiger partial charge is 0.493 e. The summed E-state index contributed by atoms with van der Waals surface area (Å²) in [6.07, 6.45) is 2.17. The first-order valence-corrected chi connectivity index (χ1v) is 10.2. The van der Waals surface area contributed by atoms with Crippen molar-refractivity contribution in [1.29, 1.82) is 0 Å². The Morgan fingerprint density at radius 2 is 1.88 bits per heavy atom. The van der Waals surface area contributed by atoms with Crippen molar-refractivity contribution in [2.24, 2.45) is 0 Å². The molecule has 0 atom stereocenters. The molecular weight excluding hydrogens is 417 g/mol. The van der Waals surface area contributed by atoms with E-state index in [-0.39, 0.29) is 5.82 Å². The summed E-state index contributed by atoms with van der Waals surface area (Å²) in [6, 6.07) is 14.8. The van der Waals surface area contributed by atoms with Crippen LogP contribution in [0.4, 0.5) is 4.39 Å². The van der Waals surface area contributed by atoms with Gasteiger partial charge in [-0.2, -0.15) is 0 Å². The molecule has 1 heterocycles. The highest BCUT2D eigenvalue weighted by Crippen LogP contribution is 2.41. The molecule has 134 valence electrons. The second-order valence-electron chi connectivity index (χ2n) is 6.04. The lowest BCUT2D eigenvalue weighted by molar-refractivity contribution is 0.343. The molecule has 4 rings (SSSR count). The Hall–Kier alpha value is -1.86. The van der Waals surface area contributed by atoms with Gasteiger partial charge >= 0.3 is 0 Å². The molecule has 1 aliphatic carbocycles. The molecule has 2 aromatic carbocycles. The van der Waals surface area contributed by atoms with Gasteiger partial charge < -0.3 is 4.74 Å². The van der Waals surface area contributed by atoms with Gasteiger partial charge in [0.05, 0.1) is 12.2 Å². The predicted molar refractivity (Wildman–Crippen MR) is 104 cm³/mol. The maximum atomic E-state index is 14.2. The zero-order valence-corrected chi connectivity index (χ0v) is 16.3.